The number of halogens is 3. The highest BCUT2D eigenvalue weighted by Crippen LogP contribution is 2.37. The molecule has 1 aliphatic rings. The van der Waals surface area contributed by atoms with Crippen LogP contribution in [0.2, 0.25) is 5.15 Å². The van der Waals surface area contributed by atoms with Crippen LogP contribution >= 0.6 is 11.6 Å². The Morgan fingerprint density at radius 1 is 1.31 bits per heavy atom. The lowest BCUT2D eigenvalue weighted by Gasteiger charge is -2.35. The minimum absolute atomic E-state index is 0.0122. The van der Waals surface area contributed by atoms with E-state index in [0.29, 0.717) is 23.9 Å². The summed E-state index contributed by atoms with van der Waals surface area (Å²) < 4.78 is 30.7. The molecule has 1 aliphatic heterocycles. The first kappa shape index (κ1) is 17.2. The molecule has 1 atom stereocenters. The van der Waals surface area contributed by atoms with Crippen LogP contribution in [0.3, 0.4) is 0 Å². The van der Waals surface area contributed by atoms with Gasteiger partial charge in [0.05, 0.1) is 23.8 Å². The maximum Gasteiger partial charge on any atom is 0.131 e. The van der Waals surface area contributed by atoms with Crippen LogP contribution in [-0.2, 0) is 20.0 Å². The SMILES string of the molecule is Cc1nn(C)c(Cl)c1CN1CCc2[nH]cnc2C1c1c(F)cccc1F. The first-order valence-corrected chi connectivity index (χ1v) is 8.73. The van der Waals surface area contributed by atoms with E-state index in [1.54, 1.807) is 18.1 Å². The second-order valence-corrected chi connectivity index (χ2v) is 6.86. The second-order valence-electron chi connectivity index (χ2n) is 6.50. The van der Waals surface area contributed by atoms with Gasteiger partial charge in [-0.2, -0.15) is 5.10 Å². The van der Waals surface area contributed by atoms with Gasteiger partial charge in [0.15, 0.2) is 0 Å². The zero-order valence-electron chi connectivity index (χ0n) is 14.4. The second kappa shape index (κ2) is 6.48. The number of rotatable bonds is 3. The Hall–Kier alpha value is -2.25. The van der Waals surface area contributed by atoms with Gasteiger partial charge in [-0.15, -0.1) is 0 Å². The van der Waals surface area contributed by atoms with Gasteiger partial charge in [0.2, 0.25) is 0 Å². The Kier molecular flexibility index (Phi) is 4.28. The summed E-state index contributed by atoms with van der Waals surface area (Å²) in [6.07, 6.45) is 2.29. The topological polar surface area (TPSA) is 49.7 Å². The van der Waals surface area contributed by atoms with E-state index in [-0.39, 0.29) is 5.56 Å². The summed E-state index contributed by atoms with van der Waals surface area (Å²) in [6.45, 7) is 2.94. The van der Waals surface area contributed by atoms with Crippen molar-refractivity contribution in [3.05, 3.63) is 69.5 Å². The van der Waals surface area contributed by atoms with Crippen molar-refractivity contribution >= 4 is 11.6 Å². The van der Waals surface area contributed by atoms with E-state index >= 15 is 0 Å². The lowest BCUT2D eigenvalue weighted by Crippen LogP contribution is -2.37. The predicted molar refractivity (Wildman–Crippen MR) is 93.9 cm³/mol. The number of nitrogens with zero attached hydrogens (tertiary/aromatic N) is 4. The quantitative estimate of drug-likeness (QED) is 0.759. The monoisotopic (exact) mass is 377 g/mol. The normalized spacial score (nSPS) is 17.5. The van der Waals surface area contributed by atoms with Crippen LogP contribution in [0.25, 0.3) is 0 Å². The van der Waals surface area contributed by atoms with Gasteiger partial charge in [0, 0.05) is 43.4 Å². The number of benzene rings is 1. The molecule has 0 fully saturated rings. The molecule has 0 spiro atoms. The number of fused-ring (bicyclic) bond motifs is 1. The number of aromatic amines is 1. The molecule has 2 aromatic heterocycles. The van der Waals surface area contributed by atoms with Crippen molar-refractivity contribution in [2.45, 2.75) is 25.9 Å². The smallest absolute Gasteiger partial charge is 0.131 e. The van der Waals surface area contributed by atoms with Crippen molar-refractivity contribution in [2.75, 3.05) is 6.54 Å². The van der Waals surface area contributed by atoms with Crippen LogP contribution in [0.4, 0.5) is 8.78 Å². The number of aromatic nitrogens is 4. The van der Waals surface area contributed by atoms with E-state index < -0.39 is 17.7 Å². The van der Waals surface area contributed by atoms with Crippen LogP contribution in [0, 0.1) is 18.6 Å². The van der Waals surface area contributed by atoms with E-state index in [4.69, 9.17) is 11.6 Å². The van der Waals surface area contributed by atoms with Gasteiger partial charge in [-0.1, -0.05) is 17.7 Å². The molecule has 3 aromatic rings. The molecular weight excluding hydrogens is 360 g/mol. The van der Waals surface area contributed by atoms with E-state index in [1.165, 1.54) is 18.2 Å². The lowest BCUT2D eigenvalue weighted by molar-refractivity contribution is 0.192. The van der Waals surface area contributed by atoms with E-state index in [9.17, 15) is 8.78 Å². The Morgan fingerprint density at radius 2 is 2.04 bits per heavy atom. The third kappa shape index (κ3) is 2.71. The maximum absolute atomic E-state index is 14.6. The third-order valence-electron chi connectivity index (χ3n) is 4.93. The van der Waals surface area contributed by atoms with Crippen LogP contribution in [-0.4, -0.2) is 31.2 Å². The fraction of sp³-hybridized carbons (Fsp3) is 0.333. The van der Waals surface area contributed by atoms with Gasteiger partial charge in [-0.25, -0.2) is 13.8 Å². The van der Waals surface area contributed by atoms with Crippen LogP contribution in [0.1, 0.15) is 34.3 Å². The number of nitrogens with one attached hydrogen (secondary N) is 1. The van der Waals surface area contributed by atoms with Crippen molar-refractivity contribution in [3.8, 4) is 0 Å². The fourth-order valence-corrected chi connectivity index (χ4v) is 3.88. The molecule has 0 saturated heterocycles. The highest BCUT2D eigenvalue weighted by molar-refractivity contribution is 6.30. The minimum atomic E-state index is -0.623. The third-order valence-corrected chi connectivity index (χ3v) is 5.40. The summed E-state index contributed by atoms with van der Waals surface area (Å²) >= 11 is 6.37. The summed E-state index contributed by atoms with van der Waals surface area (Å²) in [5.74, 6) is -1.16. The zero-order chi connectivity index (χ0) is 18.4. The van der Waals surface area contributed by atoms with Gasteiger partial charge in [0.25, 0.3) is 0 Å². The highest BCUT2D eigenvalue weighted by Gasteiger charge is 2.35. The lowest BCUT2D eigenvalue weighted by atomic mass is 9.94. The number of hydrogen-bond acceptors (Lipinski definition) is 3. The Morgan fingerprint density at radius 3 is 2.69 bits per heavy atom. The standard InChI is InChI=1S/C18H18ClF2N5/c1-10-11(18(19)25(2)24-10)8-26-7-6-14-16(23-9-22-14)17(26)15-12(20)4-3-5-13(15)21/h3-5,9,17H,6-8H2,1-2H3,(H,22,23). The summed E-state index contributed by atoms with van der Waals surface area (Å²) in [5.41, 5.74) is 3.23. The van der Waals surface area contributed by atoms with Crippen molar-refractivity contribution in [1.82, 2.24) is 24.6 Å². The van der Waals surface area contributed by atoms with Crippen molar-refractivity contribution in [3.63, 3.8) is 0 Å². The van der Waals surface area contributed by atoms with E-state index in [2.05, 4.69) is 15.1 Å². The molecule has 0 radical (unpaired) electrons. The summed E-state index contributed by atoms with van der Waals surface area (Å²) in [4.78, 5) is 9.44. The van der Waals surface area contributed by atoms with Crippen LogP contribution in [0.15, 0.2) is 24.5 Å². The van der Waals surface area contributed by atoms with Crippen molar-refractivity contribution in [1.29, 1.82) is 0 Å². The van der Waals surface area contributed by atoms with Gasteiger partial charge < -0.3 is 4.98 Å². The number of imidazole rings is 1. The molecule has 0 saturated carbocycles. The van der Waals surface area contributed by atoms with Crippen LogP contribution < -0.4 is 0 Å². The molecule has 1 aromatic carbocycles. The molecular formula is C18H18ClF2N5. The summed E-state index contributed by atoms with van der Waals surface area (Å²) in [6, 6.07) is 3.30. The Labute approximate surface area is 154 Å². The maximum atomic E-state index is 14.6. The molecule has 3 heterocycles. The molecule has 0 amide bonds. The summed E-state index contributed by atoms with van der Waals surface area (Å²) in [7, 11) is 1.77. The molecule has 0 bridgehead atoms. The number of hydrogen-bond donors (Lipinski definition) is 1. The minimum Gasteiger partial charge on any atom is -0.348 e. The van der Waals surface area contributed by atoms with Crippen molar-refractivity contribution < 1.29 is 8.78 Å². The zero-order valence-corrected chi connectivity index (χ0v) is 15.2. The number of aryl methyl sites for hydroxylation is 2. The Bertz CT molecular complexity index is 944. The summed E-state index contributed by atoms with van der Waals surface area (Å²) in [5, 5.41) is 4.86. The van der Waals surface area contributed by atoms with Crippen molar-refractivity contribution in [2.24, 2.45) is 7.05 Å². The molecule has 1 N–H and O–H groups in total. The van der Waals surface area contributed by atoms with Crippen LogP contribution in [0.5, 0.6) is 0 Å². The average Bonchev–Trinajstić information content (AvgIpc) is 3.16. The molecule has 5 nitrogen and oxygen atoms in total. The van der Waals surface area contributed by atoms with Gasteiger partial charge >= 0.3 is 0 Å². The Balaban J connectivity index is 1.81. The van der Waals surface area contributed by atoms with Gasteiger partial charge in [0.1, 0.15) is 16.8 Å². The molecule has 4 rings (SSSR count). The average molecular weight is 378 g/mol. The van der Waals surface area contributed by atoms with Gasteiger partial charge in [-0.05, 0) is 19.1 Å². The molecule has 136 valence electrons. The fourth-order valence-electron chi connectivity index (χ4n) is 3.64. The van der Waals surface area contributed by atoms with E-state index in [1.807, 2.05) is 11.8 Å². The predicted octanol–water partition coefficient (Wildman–Crippen LogP) is 3.53. The number of H-pyrrole nitrogens is 1. The molecule has 0 aliphatic carbocycles. The molecule has 1 unspecified atom stereocenters. The largest absolute Gasteiger partial charge is 0.348 e. The first-order chi connectivity index (χ1) is 12.5. The van der Waals surface area contributed by atoms with E-state index in [0.717, 1.165) is 23.4 Å². The van der Waals surface area contributed by atoms with Gasteiger partial charge in [-0.3, -0.25) is 9.58 Å². The molecule has 26 heavy (non-hydrogen) atoms. The highest BCUT2D eigenvalue weighted by atomic mass is 35.5. The first-order valence-electron chi connectivity index (χ1n) is 8.35. The molecule has 8 heteroatoms.